The Bertz CT molecular complexity index is 768. The topological polar surface area (TPSA) is 15.7 Å². The van der Waals surface area contributed by atoms with Crippen LogP contribution in [0.1, 0.15) is 83.8 Å². The van der Waals surface area contributed by atoms with Crippen LogP contribution < -0.4 is 4.90 Å². The number of hydrogen-bond donors (Lipinski definition) is 0. The third-order valence-corrected chi connectivity index (χ3v) is 7.01. The van der Waals surface area contributed by atoms with E-state index >= 15 is 0 Å². The molecule has 0 amide bonds. The van der Waals surface area contributed by atoms with Crippen LogP contribution in [0.15, 0.2) is 18.2 Å². The molecule has 0 spiro atoms. The van der Waals surface area contributed by atoms with Crippen molar-refractivity contribution in [1.29, 1.82) is 0 Å². The fourth-order valence-electron chi connectivity index (χ4n) is 6.12. The smallest absolute Gasteiger partial charge is 0.107 e. The van der Waals surface area contributed by atoms with Crippen LogP contribution in [0.25, 0.3) is 0 Å². The molecule has 0 unspecified atom stereocenters. The van der Waals surface area contributed by atoms with Crippen LogP contribution in [0, 0.1) is 22.7 Å². The molecule has 32 heavy (non-hydrogen) atoms. The Morgan fingerprint density at radius 3 is 2.28 bits per heavy atom. The lowest BCUT2D eigenvalue weighted by Gasteiger charge is -2.46. The Morgan fingerprint density at radius 2 is 1.69 bits per heavy atom. The maximum Gasteiger partial charge on any atom is 0.107 e. The van der Waals surface area contributed by atoms with Crippen LogP contribution in [0.5, 0.6) is 0 Å². The molecule has 0 N–H and O–H groups in total. The van der Waals surface area contributed by atoms with E-state index in [1.54, 1.807) is 7.11 Å². The number of rotatable bonds is 6. The molecule has 3 nitrogen and oxygen atoms in total. The average Bonchev–Trinajstić information content (AvgIpc) is 2.70. The van der Waals surface area contributed by atoms with Crippen molar-refractivity contribution in [3.63, 3.8) is 0 Å². The molecule has 0 atom stereocenters. The second-order valence-corrected chi connectivity index (χ2v) is 11.3. The molecule has 1 aromatic rings. The minimum atomic E-state index is 0. The molecular weight excluding hydrogens is 416 g/mol. The highest BCUT2D eigenvalue weighted by Crippen LogP contribution is 2.53. The van der Waals surface area contributed by atoms with Gasteiger partial charge >= 0.3 is 0 Å². The fourth-order valence-corrected chi connectivity index (χ4v) is 6.12. The normalized spacial score (nSPS) is 20.9. The van der Waals surface area contributed by atoms with Gasteiger partial charge in [0.1, 0.15) is 6.61 Å². The summed E-state index contributed by atoms with van der Waals surface area (Å²) in [4.78, 5) is 5.27. The zero-order valence-corrected chi connectivity index (χ0v) is 22.1. The highest BCUT2D eigenvalue weighted by Gasteiger charge is 2.40. The highest BCUT2D eigenvalue weighted by molar-refractivity contribution is 5.85. The van der Waals surface area contributed by atoms with Crippen molar-refractivity contribution in [2.24, 2.45) is 10.8 Å². The van der Waals surface area contributed by atoms with Crippen LogP contribution in [0.4, 0.5) is 5.69 Å². The molecule has 1 aromatic carbocycles. The first-order valence-electron chi connectivity index (χ1n) is 12.3. The minimum Gasteiger partial charge on any atom is -0.372 e. The first-order chi connectivity index (χ1) is 14.7. The molecule has 3 rings (SSSR count). The molecule has 0 radical (unpaired) electrons. The zero-order chi connectivity index (χ0) is 22.5. The largest absolute Gasteiger partial charge is 0.372 e. The van der Waals surface area contributed by atoms with Gasteiger partial charge in [0, 0.05) is 44.5 Å². The summed E-state index contributed by atoms with van der Waals surface area (Å²) in [7, 11) is 1.70. The van der Waals surface area contributed by atoms with E-state index in [0.29, 0.717) is 23.4 Å². The second kappa shape index (κ2) is 11.8. The van der Waals surface area contributed by atoms with Crippen molar-refractivity contribution in [2.45, 2.75) is 72.6 Å². The van der Waals surface area contributed by atoms with Gasteiger partial charge in [0.15, 0.2) is 0 Å². The summed E-state index contributed by atoms with van der Waals surface area (Å²) in [5.41, 5.74) is 4.84. The summed E-state index contributed by atoms with van der Waals surface area (Å²) in [5, 5.41) is 0. The first-order valence-corrected chi connectivity index (χ1v) is 12.3. The van der Waals surface area contributed by atoms with Crippen LogP contribution in [-0.2, 0) is 4.74 Å². The molecule has 4 heteroatoms. The molecular formula is C28H45ClN2O. The van der Waals surface area contributed by atoms with E-state index < -0.39 is 0 Å². The van der Waals surface area contributed by atoms with E-state index in [1.165, 1.54) is 63.0 Å². The monoisotopic (exact) mass is 460 g/mol. The number of ether oxygens (including phenoxy) is 1. The Morgan fingerprint density at radius 1 is 1.03 bits per heavy atom. The molecule has 0 bridgehead atoms. The van der Waals surface area contributed by atoms with Gasteiger partial charge < -0.3 is 9.64 Å². The number of benzene rings is 1. The molecule has 1 saturated heterocycles. The predicted molar refractivity (Wildman–Crippen MR) is 140 cm³/mol. The molecule has 1 saturated carbocycles. The maximum absolute atomic E-state index is 5.14. The van der Waals surface area contributed by atoms with Gasteiger partial charge in [-0.25, -0.2) is 0 Å². The van der Waals surface area contributed by atoms with Crippen molar-refractivity contribution in [3.8, 4) is 11.8 Å². The summed E-state index contributed by atoms with van der Waals surface area (Å²) in [6.45, 7) is 18.4. The van der Waals surface area contributed by atoms with Crippen molar-refractivity contribution in [2.75, 3.05) is 51.3 Å². The molecule has 1 aliphatic carbocycles. The molecule has 180 valence electrons. The molecule has 2 fully saturated rings. The Balaban J connectivity index is 0.00000363. The summed E-state index contributed by atoms with van der Waals surface area (Å²) >= 11 is 0. The van der Waals surface area contributed by atoms with Gasteiger partial charge in [-0.05, 0) is 72.7 Å². The van der Waals surface area contributed by atoms with Gasteiger partial charge in [0.05, 0.1) is 0 Å². The fraction of sp³-hybridized carbons (Fsp3) is 0.714. The Hall–Kier alpha value is -1.21. The van der Waals surface area contributed by atoms with Crippen molar-refractivity contribution in [3.05, 3.63) is 29.3 Å². The summed E-state index contributed by atoms with van der Waals surface area (Å²) in [6, 6.07) is 6.95. The molecule has 1 heterocycles. The number of halogens is 1. The van der Waals surface area contributed by atoms with E-state index in [-0.39, 0.29) is 12.4 Å². The van der Waals surface area contributed by atoms with Gasteiger partial charge in [0.25, 0.3) is 0 Å². The van der Waals surface area contributed by atoms with E-state index in [2.05, 4.69) is 74.5 Å². The summed E-state index contributed by atoms with van der Waals surface area (Å²) in [5.74, 6) is 7.06. The lowest BCUT2D eigenvalue weighted by molar-refractivity contribution is 0.0969. The summed E-state index contributed by atoms with van der Waals surface area (Å²) in [6.07, 6.45) is 6.41. The quantitative estimate of drug-likeness (QED) is 0.460. The lowest BCUT2D eigenvalue weighted by atomic mass is 9.60. The van der Waals surface area contributed by atoms with Crippen LogP contribution in [0.3, 0.4) is 0 Å². The van der Waals surface area contributed by atoms with Crippen LogP contribution in [-0.4, -0.2) is 51.3 Å². The number of anilines is 1. The lowest BCUT2D eigenvalue weighted by Crippen LogP contribution is -2.47. The van der Waals surface area contributed by atoms with Crippen molar-refractivity contribution in [1.82, 2.24) is 4.90 Å². The number of piperazine rings is 1. The van der Waals surface area contributed by atoms with Gasteiger partial charge in [-0.1, -0.05) is 52.9 Å². The number of hydrogen-bond acceptors (Lipinski definition) is 3. The van der Waals surface area contributed by atoms with E-state index in [4.69, 9.17) is 4.74 Å². The number of methoxy groups -OCH3 is 1. The van der Waals surface area contributed by atoms with Gasteiger partial charge in [-0.2, -0.15) is 0 Å². The van der Waals surface area contributed by atoms with Crippen LogP contribution >= 0.6 is 12.4 Å². The summed E-state index contributed by atoms with van der Waals surface area (Å²) < 4.78 is 5.14. The third-order valence-electron chi connectivity index (χ3n) is 7.01. The number of unbranched alkanes of at least 4 members (excludes halogenated alkanes) is 1. The van der Waals surface area contributed by atoms with Gasteiger partial charge in [-0.3, -0.25) is 4.90 Å². The minimum absolute atomic E-state index is 0. The Labute approximate surface area is 203 Å². The Kier molecular flexibility index (Phi) is 9.95. The molecule has 0 aromatic heterocycles. The van der Waals surface area contributed by atoms with E-state index in [1.807, 2.05) is 0 Å². The SMILES string of the molecule is CCCCN1CCN(c2ccc(C#CCOC)cc2C2CC(C)(C)CC(C)(C)C2)CC1.Cl. The van der Waals surface area contributed by atoms with Crippen LogP contribution in [0.2, 0.25) is 0 Å². The van der Waals surface area contributed by atoms with E-state index in [9.17, 15) is 0 Å². The first kappa shape index (κ1) is 27.0. The molecule has 2 aliphatic rings. The maximum atomic E-state index is 5.14. The van der Waals surface area contributed by atoms with E-state index in [0.717, 1.165) is 18.7 Å². The zero-order valence-electron chi connectivity index (χ0n) is 21.3. The highest BCUT2D eigenvalue weighted by atomic mass is 35.5. The van der Waals surface area contributed by atoms with Gasteiger partial charge in [-0.15, -0.1) is 12.4 Å². The second-order valence-electron chi connectivity index (χ2n) is 11.3. The van der Waals surface area contributed by atoms with Gasteiger partial charge in [0.2, 0.25) is 0 Å². The van der Waals surface area contributed by atoms with Crippen molar-refractivity contribution < 1.29 is 4.74 Å². The average molecular weight is 461 g/mol. The third kappa shape index (κ3) is 7.41. The standard InChI is InChI=1S/C28H44N2O.ClH/c1-7-8-13-29-14-16-30(17-15-29)26-12-11-23(10-9-18-31-6)19-25(26)24-20-27(2,3)22-28(4,5)21-24;/h11-12,19,24H,7-8,13-18,20-22H2,1-6H3;1H. The predicted octanol–water partition coefficient (Wildman–Crippen LogP) is 6.35. The molecule has 1 aliphatic heterocycles. The number of nitrogens with zero attached hydrogens (tertiary/aromatic N) is 2. The van der Waals surface area contributed by atoms with Crippen molar-refractivity contribution >= 4 is 18.1 Å².